The average molecular weight is 342 g/mol. The van der Waals surface area contributed by atoms with E-state index in [1.54, 1.807) is 7.11 Å². The highest BCUT2D eigenvalue weighted by Crippen LogP contribution is 2.18. The Morgan fingerprint density at radius 1 is 1.28 bits per heavy atom. The second-order valence-corrected chi connectivity index (χ2v) is 6.37. The summed E-state index contributed by atoms with van der Waals surface area (Å²) in [6.45, 7) is 3.65. The van der Waals surface area contributed by atoms with Gasteiger partial charge in [-0.2, -0.15) is 5.10 Å². The van der Waals surface area contributed by atoms with Crippen LogP contribution in [0.4, 0.5) is 0 Å². The maximum absolute atomic E-state index is 13.1. The Bertz CT molecular complexity index is 684. The molecule has 1 aliphatic heterocycles. The summed E-state index contributed by atoms with van der Waals surface area (Å²) in [5.74, 6) is 0.00229. The third-order valence-corrected chi connectivity index (χ3v) is 4.54. The summed E-state index contributed by atoms with van der Waals surface area (Å²) in [5.41, 5.74) is 3.79. The number of carbonyl (C=O) groups is 1. The number of unbranched alkanes of at least 4 members (excludes halogenated alkanes) is 1. The van der Waals surface area contributed by atoms with E-state index < -0.39 is 0 Å². The van der Waals surface area contributed by atoms with Crippen LogP contribution in [0.3, 0.4) is 0 Å². The first-order valence-electron chi connectivity index (χ1n) is 8.88. The van der Waals surface area contributed by atoms with Crippen LogP contribution in [0.5, 0.6) is 0 Å². The van der Waals surface area contributed by atoms with Crippen molar-refractivity contribution in [2.75, 3.05) is 26.8 Å². The number of hydrogen-bond acceptors (Lipinski definition) is 4. The second kappa shape index (κ2) is 8.78. The van der Waals surface area contributed by atoms with Crippen molar-refractivity contribution in [3.63, 3.8) is 0 Å². The molecule has 0 fully saturated rings. The normalized spacial score (nSPS) is 13.5. The number of fused-ring (bicyclic) bond motifs is 1. The summed E-state index contributed by atoms with van der Waals surface area (Å²) in [6.07, 6.45) is 2.74. The number of H-pyrrole nitrogens is 1. The zero-order valence-corrected chi connectivity index (χ0v) is 14.8. The lowest BCUT2D eigenvalue weighted by Gasteiger charge is -2.23. The number of methoxy groups -OCH3 is 1. The highest BCUT2D eigenvalue weighted by atomic mass is 16.5. The summed E-state index contributed by atoms with van der Waals surface area (Å²) in [5, 5.41) is 10.7. The molecule has 0 atom stereocenters. The first-order valence-corrected chi connectivity index (χ1v) is 8.88. The van der Waals surface area contributed by atoms with Crippen LogP contribution >= 0.6 is 0 Å². The van der Waals surface area contributed by atoms with Crippen LogP contribution < -0.4 is 5.32 Å². The molecular weight excluding hydrogens is 316 g/mol. The van der Waals surface area contributed by atoms with Crippen molar-refractivity contribution in [3.8, 4) is 0 Å². The first kappa shape index (κ1) is 17.6. The van der Waals surface area contributed by atoms with E-state index in [0.29, 0.717) is 25.3 Å². The molecule has 2 N–H and O–H groups in total. The number of nitrogens with one attached hydrogen (secondary N) is 2. The maximum Gasteiger partial charge on any atom is 0.274 e. The minimum Gasteiger partial charge on any atom is -0.385 e. The van der Waals surface area contributed by atoms with Crippen molar-refractivity contribution < 1.29 is 9.53 Å². The van der Waals surface area contributed by atoms with Gasteiger partial charge in [0.1, 0.15) is 0 Å². The Labute approximate surface area is 148 Å². The molecule has 1 amide bonds. The summed E-state index contributed by atoms with van der Waals surface area (Å²) in [7, 11) is 1.70. The predicted octanol–water partition coefficient (Wildman–Crippen LogP) is 2.12. The number of rotatable bonds is 8. The van der Waals surface area contributed by atoms with Crippen molar-refractivity contribution in [1.29, 1.82) is 0 Å². The van der Waals surface area contributed by atoms with Crippen LogP contribution in [0.15, 0.2) is 30.3 Å². The van der Waals surface area contributed by atoms with E-state index >= 15 is 0 Å². The number of carbonyl (C=O) groups excluding carboxylic acids is 1. The molecule has 1 aliphatic rings. The zero-order valence-electron chi connectivity index (χ0n) is 14.8. The number of benzene rings is 1. The Hall–Kier alpha value is -2.18. The van der Waals surface area contributed by atoms with Gasteiger partial charge in [-0.15, -0.1) is 0 Å². The van der Waals surface area contributed by atoms with Gasteiger partial charge in [-0.05, 0) is 18.4 Å². The van der Waals surface area contributed by atoms with Crippen LogP contribution in [-0.4, -0.2) is 47.8 Å². The van der Waals surface area contributed by atoms with Crippen LogP contribution in [0.2, 0.25) is 0 Å². The Balaban J connectivity index is 1.75. The van der Waals surface area contributed by atoms with E-state index in [0.717, 1.165) is 49.2 Å². The van der Waals surface area contributed by atoms with Gasteiger partial charge in [0.15, 0.2) is 5.69 Å². The molecule has 6 heteroatoms. The van der Waals surface area contributed by atoms with Gasteiger partial charge in [0.25, 0.3) is 5.91 Å². The maximum atomic E-state index is 13.1. The molecule has 1 aromatic carbocycles. The topological polar surface area (TPSA) is 70.2 Å². The Morgan fingerprint density at radius 3 is 2.92 bits per heavy atom. The predicted molar refractivity (Wildman–Crippen MR) is 96.3 cm³/mol. The van der Waals surface area contributed by atoms with Gasteiger partial charge in [-0.1, -0.05) is 30.3 Å². The van der Waals surface area contributed by atoms with E-state index in [9.17, 15) is 4.79 Å². The molecule has 0 radical (unpaired) electrons. The van der Waals surface area contributed by atoms with Gasteiger partial charge in [-0.3, -0.25) is 9.89 Å². The van der Waals surface area contributed by atoms with Gasteiger partial charge < -0.3 is 15.0 Å². The lowest BCUT2D eigenvalue weighted by Crippen LogP contribution is -2.33. The second-order valence-electron chi connectivity index (χ2n) is 6.37. The summed E-state index contributed by atoms with van der Waals surface area (Å²) < 4.78 is 5.12. The number of ether oxygens (including phenoxy) is 1. The molecular formula is C19H26N4O2. The summed E-state index contributed by atoms with van der Waals surface area (Å²) in [4.78, 5) is 15.0. The lowest BCUT2D eigenvalue weighted by molar-refractivity contribution is 0.0727. The van der Waals surface area contributed by atoms with Gasteiger partial charge in [0.05, 0.1) is 0 Å². The SMILES string of the molecule is COCCCCN(Cc1ccccc1)C(=O)c1n[nH]c2c1CNCC2. The van der Waals surface area contributed by atoms with Gasteiger partial charge in [-0.25, -0.2) is 0 Å². The molecule has 3 rings (SSSR count). The number of aromatic amines is 1. The quantitative estimate of drug-likeness (QED) is 0.721. The Morgan fingerprint density at radius 2 is 2.12 bits per heavy atom. The third kappa shape index (κ3) is 4.46. The number of amides is 1. The van der Waals surface area contributed by atoms with Crippen LogP contribution in [0.25, 0.3) is 0 Å². The molecule has 2 aromatic rings. The van der Waals surface area contributed by atoms with Crippen LogP contribution in [-0.2, 0) is 24.2 Å². The smallest absolute Gasteiger partial charge is 0.274 e. The minimum atomic E-state index is 0.00229. The van der Waals surface area contributed by atoms with Crippen LogP contribution in [0.1, 0.15) is 40.2 Å². The molecule has 0 unspecified atom stereocenters. The molecule has 134 valence electrons. The molecule has 0 spiro atoms. The third-order valence-electron chi connectivity index (χ3n) is 4.54. The fourth-order valence-corrected chi connectivity index (χ4v) is 3.16. The number of hydrogen-bond donors (Lipinski definition) is 2. The molecule has 0 saturated carbocycles. The molecule has 0 saturated heterocycles. The highest BCUT2D eigenvalue weighted by Gasteiger charge is 2.25. The Kier molecular flexibility index (Phi) is 6.19. The monoisotopic (exact) mass is 342 g/mol. The largest absolute Gasteiger partial charge is 0.385 e. The van der Waals surface area contributed by atoms with Crippen molar-refractivity contribution in [2.45, 2.75) is 32.4 Å². The molecule has 6 nitrogen and oxygen atoms in total. The molecule has 0 aliphatic carbocycles. The van der Waals surface area contributed by atoms with E-state index in [4.69, 9.17) is 4.74 Å². The minimum absolute atomic E-state index is 0.00229. The summed E-state index contributed by atoms with van der Waals surface area (Å²) in [6, 6.07) is 10.1. The fourth-order valence-electron chi connectivity index (χ4n) is 3.16. The first-order chi connectivity index (χ1) is 12.3. The summed E-state index contributed by atoms with van der Waals surface area (Å²) >= 11 is 0. The van der Waals surface area contributed by atoms with E-state index in [1.165, 1.54) is 0 Å². The standard InChI is InChI=1S/C19H26N4O2/c1-25-12-6-5-11-23(14-15-7-3-2-4-8-15)19(24)18-16-13-20-10-9-17(16)21-22-18/h2-4,7-8,20H,5-6,9-14H2,1H3,(H,21,22). The van der Waals surface area contributed by atoms with Crippen molar-refractivity contribution in [1.82, 2.24) is 20.4 Å². The lowest BCUT2D eigenvalue weighted by atomic mass is 10.1. The van der Waals surface area contributed by atoms with Crippen molar-refractivity contribution in [2.24, 2.45) is 0 Å². The van der Waals surface area contributed by atoms with Gasteiger partial charge in [0.2, 0.25) is 0 Å². The molecule has 25 heavy (non-hydrogen) atoms. The van der Waals surface area contributed by atoms with Gasteiger partial charge >= 0.3 is 0 Å². The van der Waals surface area contributed by atoms with Crippen molar-refractivity contribution in [3.05, 3.63) is 52.8 Å². The number of nitrogens with zero attached hydrogens (tertiary/aromatic N) is 2. The average Bonchev–Trinajstić information content (AvgIpc) is 3.08. The molecule has 2 heterocycles. The molecule has 0 bridgehead atoms. The zero-order chi connectivity index (χ0) is 17.5. The fraction of sp³-hybridized carbons (Fsp3) is 0.474. The highest BCUT2D eigenvalue weighted by molar-refractivity contribution is 5.94. The van der Waals surface area contributed by atoms with Gasteiger partial charge in [0, 0.05) is 57.6 Å². The van der Waals surface area contributed by atoms with E-state index in [-0.39, 0.29) is 5.91 Å². The van der Waals surface area contributed by atoms with Crippen LogP contribution in [0, 0.1) is 0 Å². The van der Waals surface area contributed by atoms with Crippen molar-refractivity contribution >= 4 is 5.91 Å². The number of aromatic nitrogens is 2. The molecule has 1 aromatic heterocycles. The van der Waals surface area contributed by atoms with E-state index in [1.807, 2.05) is 23.1 Å². The van der Waals surface area contributed by atoms with E-state index in [2.05, 4.69) is 27.6 Å².